The molecule has 0 aromatic heterocycles. The summed E-state index contributed by atoms with van der Waals surface area (Å²) in [4.78, 5) is 2.61. The first kappa shape index (κ1) is 26.3. The fraction of sp³-hybridized carbons (Fsp3) is 0.351. The van der Waals surface area contributed by atoms with Gasteiger partial charge in [-0.25, -0.2) is 0 Å². The van der Waals surface area contributed by atoms with Crippen molar-refractivity contribution in [3.05, 3.63) is 107 Å². The zero-order chi connectivity index (χ0) is 27.2. The first-order valence-corrected chi connectivity index (χ1v) is 14.3. The number of aryl methyl sites for hydroxylation is 1. The van der Waals surface area contributed by atoms with Crippen molar-refractivity contribution in [2.24, 2.45) is 5.92 Å². The highest BCUT2D eigenvalue weighted by Gasteiger charge is 2.26. The van der Waals surface area contributed by atoms with E-state index in [-0.39, 0.29) is 11.5 Å². The van der Waals surface area contributed by atoms with Crippen molar-refractivity contribution in [3.63, 3.8) is 0 Å². The van der Waals surface area contributed by atoms with Gasteiger partial charge in [0.05, 0.1) is 11.7 Å². The van der Waals surface area contributed by atoms with E-state index < -0.39 is 0 Å². The van der Waals surface area contributed by atoms with Crippen LogP contribution in [0.4, 0.5) is 11.4 Å². The molecule has 1 heteroatoms. The Kier molecular flexibility index (Phi) is 6.99. The molecule has 0 aliphatic heterocycles. The molecule has 0 radical (unpaired) electrons. The lowest BCUT2D eigenvalue weighted by atomic mass is 9.84. The number of benzene rings is 4. The van der Waals surface area contributed by atoms with Gasteiger partial charge in [-0.2, -0.15) is 0 Å². The normalized spacial score (nSPS) is 16.1. The molecule has 38 heavy (non-hydrogen) atoms. The molecule has 0 fully saturated rings. The van der Waals surface area contributed by atoms with E-state index in [0.29, 0.717) is 11.8 Å². The minimum Gasteiger partial charge on any atom is -0.333 e. The summed E-state index contributed by atoms with van der Waals surface area (Å²) in [5, 5.41) is 5.27. The van der Waals surface area contributed by atoms with Crippen molar-refractivity contribution < 1.29 is 0 Å². The molecule has 0 N–H and O–H groups in total. The summed E-state index contributed by atoms with van der Waals surface area (Å²) in [6.07, 6.45) is 8.22. The summed E-state index contributed by atoms with van der Waals surface area (Å²) in [5.74, 6) is 1.04. The minimum atomic E-state index is 0.0796. The first-order chi connectivity index (χ1) is 18.0. The monoisotopic (exact) mass is 501 g/mol. The van der Waals surface area contributed by atoms with Crippen LogP contribution in [0.25, 0.3) is 21.5 Å². The van der Waals surface area contributed by atoms with Gasteiger partial charge in [-0.15, -0.1) is 0 Å². The van der Waals surface area contributed by atoms with Gasteiger partial charge >= 0.3 is 0 Å². The maximum Gasteiger partial charge on any atom is 0.0575 e. The molecule has 1 aliphatic carbocycles. The van der Waals surface area contributed by atoms with Gasteiger partial charge in [0.25, 0.3) is 0 Å². The van der Waals surface area contributed by atoms with Crippen LogP contribution in [-0.4, -0.2) is 6.04 Å². The van der Waals surface area contributed by atoms with Crippen LogP contribution in [0.1, 0.15) is 77.5 Å². The van der Waals surface area contributed by atoms with Crippen LogP contribution >= 0.6 is 0 Å². The van der Waals surface area contributed by atoms with Crippen molar-refractivity contribution in [3.8, 4) is 0 Å². The largest absolute Gasteiger partial charge is 0.333 e. The van der Waals surface area contributed by atoms with Gasteiger partial charge in [-0.3, -0.25) is 0 Å². The molecule has 4 aromatic rings. The number of fused-ring (bicyclic) bond motifs is 2. The highest BCUT2D eigenvalue weighted by molar-refractivity contribution is 6.13. The van der Waals surface area contributed by atoms with Gasteiger partial charge in [0, 0.05) is 16.5 Å². The topological polar surface area (TPSA) is 3.24 Å². The lowest BCUT2D eigenvalue weighted by molar-refractivity contribution is 0.591. The Hall–Kier alpha value is -3.32. The highest BCUT2D eigenvalue weighted by Crippen LogP contribution is 2.44. The van der Waals surface area contributed by atoms with Crippen molar-refractivity contribution >= 4 is 32.9 Å². The van der Waals surface area contributed by atoms with E-state index in [1.54, 1.807) is 0 Å². The van der Waals surface area contributed by atoms with Crippen LogP contribution in [0.5, 0.6) is 0 Å². The summed E-state index contributed by atoms with van der Waals surface area (Å²) in [5.41, 5.74) is 8.12. The Balaban J connectivity index is 1.83. The Bertz CT molecular complexity index is 1520. The highest BCUT2D eigenvalue weighted by atomic mass is 15.2. The molecule has 5 rings (SSSR count). The van der Waals surface area contributed by atoms with Gasteiger partial charge in [0.15, 0.2) is 0 Å². The van der Waals surface area contributed by atoms with Gasteiger partial charge in [-0.05, 0) is 82.3 Å². The zero-order valence-electron chi connectivity index (χ0n) is 24.5. The van der Waals surface area contributed by atoms with Crippen LogP contribution in [-0.2, 0) is 5.41 Å². The molecule has 0 bridgehead atoms. The summed E-state index contributed by atoms with van der Waals surface area (Å²) < 4.78 is 0. The van der Waals surface area contributed by atoms with E-state index >= 15 is 0 Å². The summed E-state index contributed by atoms with van der Waals surface area (Å²) in [6.45, 7) is 18.2. The van der Waals surface area contributed by atoms with Gasteiger partial charge < -0.3 is 4.90 Å². The van der Waals surface area contributed by atoms with Crippen LogP contribution < -0.4 is 4.90 Å². The first-order valence-electron chi connectivity index (χ1n) is 14.3. The van der Waals surface area contributed by atoms with Crippen molar-refractivity contribution in [2.75, 3.05) is 4.90 Å². The molecule has 1 atom stereocenters. The lowest BCUT2D eigenvalue weighted by Gasteiger charge is -2.36. The maximum atomic E-state index is 2.61. The Morgan fingerprint density at radius 1 is 0.763 bits per heavy atom. The van der Waals surface area contributed by atoms with E-state index in [2.05, 4.69) is 145 Å². The fourth-order valence-electron chi connectivity index (χ4n) is 5.64. The third-order valence-electron chi connectivity index (χ3n) is 8.14. The molecule has 0 saturated carbocycles. The molecular weight excluding hydrogens is 458 g/mol. The van der Waals surface area contributed by atoms with Gasteiger partial charge in [0.2, 0.25) is 0 Å². The second kappa shape index (κ2) is 10.1. The average molecular weight is 502 g/mol. The Labute approximate surface area is 229 Å². The number of hydrogen-bond acceptors (Lipinski definition) is 1. The second-order valence-corrected chi connectivity index (χ2v) is 12.8. The molecule has 4 aromatic carbocycles. The van der Waals surface area contributed by atoms with Crippen molar-refractivity contribution in [1.82, 2.24) is 0 Å². The number of allylic oxidation sites excluding steroid dienone is 2. The number of rotatable bonds is 5. The van der Waals surface area contributed by atoms with E-state index in [9.17, 15) is 0 Å². The summed E-state index contributed by atoms with van der Waals surface area (Å²) in [7, 11) is 0. The van der Waals surface area contributed by atoms with E-state index in [1.165, 1.54) is 55.2 Å². The SMILES string of the molecule is Cc1ccc(N(c2c3ccc(C(C)C)cc3cc3ccc(C(C)(C)C)cc23)C2C=CC(C(C)C)=CC2)cc1. The maximum absolute atomic E-state index is 2.61. The average Bonchev–Trinajstić information content (AvgIpc) is 2.88. The second-order valence-electron chi connectivity index (χ2n) is 12.8. The molecule has 1 unspecified atom stereocenters. The standard InChI is InChI=1S/C37H43N/c1-24(2)27-12-18-33(19-13-27)38(32-16-9-26(5)10-17-32)36-34-20-14-28(25(3)4)21-30(34)22-29-11-15-31(23-35(29)36)37(6,7)8/h9-18,20-25,33H,19H2,1-8H3. The minimum absolute atomic E-state index is 0.0796. The van der Waals surface area contributed by atoms with Crippen LogP contribution in [0.3, 0.4) is 0 Å². The van der Waals surface area contributed by atoms with Crippen LogP contribution in [0, 0.1) is 12.8 Å². The Morgan fingerprint density at radius 2 is 1.50 bits per heavy atom. The molecule has 0 amide bonds. The molecule has 0 saturated heterocycles. The number of anilines is 2. The van der Waals surface area contributed by atoms with Crippen LogP contribution in [0.2, 0.25) is 0 Å². The van der Waals surface area contributed by atoms with E-state index in [1.807, 2.05) is 0 Å². The third kappa shape index (κ3) is 5.04. The van der Waals surface area contributed by atoms with E-state index in [4.69, 9.17) is 0 Å². The predicted octanol–water partition coefficient (Wildman–Crippen LogP) is 10.8. The molecule has 0 heterocycles. The summed E-state index contributed by atoms with van der Waals surface area (Å²) >= 11 is 0. The number of nitrogens with zero attached hydrogens (tertiary/aromatic N) is 1. The Morgan fingerprint density at radius 3 is 2.11 bits per heavy atom. The molecule has 1 aliphatic rings. The number of hydrogen-bond donors (Lipinski definition) is 0. The fourth-order valence-corrected chi connectivity index (χ4v) is 5.64. The van der Waals surface area contributed by atoms with E-state index in [0.717, 1.165) is 6.42 Å². The quantitative estimate of drug-likeness (QED) is 0.246. The van der Waals surface area contributed by atoms with Crippen molar-refractivity contribution in [2.45, 2.75) is 79.2 Å². The predicted molar refractivity (Wildman–Crippen MR) is 168 cm³/mol. The molecule has 0 spiro atoms. The lowest BCUT2D eigenvalue weighted by Crippen LogP contribution is -2.31. The third-order valence-corrected chi connectivity index (χ3v) is 8.14. The summed E-state index contributed by atoms with van der Waals surface area (Å²) in [6, 6.07) is 25.9. The van der Waals surface area contributed by atoms with Gasteiger partial charge in [0.1, 0.15) is 0 Å². The van der Waals surface area contributed by atoms with Gasteiger partial charge in [-0.1, -0.05) is 115 Å². The molecule has 1 nitrogen and oxygen atoms in total. The van der Waals surface area contributed by atoms with Crippen LogP contribution in [0.15, 0.2) is 90.5 Å². The smallest absolute Gasteiger partial charge is 0.0575 e. The molecule has 196 valence electrons. The van der Waals surface area contributed by atoms with Crippen molar-refractivity contribution in [1.29, 1.82) is 0 Å². The molecular formula is C37H43N. The zero-order valence-corrected chi connectivity index (χ0v) is 24.5.